The quantitative estimate of drug-likeness (QED) is 0.245. The summed E-state index contributed by atoms with van der Waals surface area (Å²) in [6.45, 7) is 2.42. The van der Waals surface area contributed by atoms with Crippen molar-refractivity contribution in [1.29, 1.82) is 0 Å². The van der Waals surface area contributed by atoms with Crippen molar-refractivity contribution in [2.24, 2.45) is 0 Å². The van der Waals surface area contributed by atoms with Crippen LogP contribution < -0.4 is 10.2 Å². The Labute approximate surface area is 218 Å². The summed E-state index contributed by atoms with van der Waals surface area (Å²) >= 11 is 7.56. The van der Waals surface area contributed by atoms with Crippen LogP contribution in [0.15, 0.2) is 78.9 Å². The Balaban J connectivity index is 1.33. The number of carbonyl (C=O) groups is 2. The number of hydrogen-bond donors (Lipinski definition) is 1. The maximum Gasteiger partial charge on any atom is 0.258 e. The van der Waals surface area contributed by atoms with Gasteiger partial charge in [-0.15, -0.1) is 10.2 Å². The highest BCUT2D eigenvalue weighted by Crippen LogP contribution is 2.35. The Morgan fingerprint density at radius 1 is 1.06 bits per heavy atom. The van der Waals surface area contributed by atoms with Crippen LogP contribution in [0.2, 0.25) is 5.02 Å². The normalized spacial score (nSPS) is 15.8. The average molecular weight is 515 g/mol. The molecule has 1 aliphatic rings. The molecule has 1 unspecified atom stereocenters. The van der Waals surface area contributed by atoms with Gasteiger partial charge in [0, 0.05) is 35.2 Å². The van der Waals surface area contributed by atoms with E-state index in [0.717, 1.165) is 22.4 Å². The number of rotatable bonds is 6. The maximum absolute atomic E-state index is 13.3. The lowest BCUT2D eigenvalue weighted by atomic mass is 10.0. The predicted molar refractivity (Wildman–Crippen MR) is 145 cm³/mol. The fourth-order valence-corrected chi connectivity index (χ4v) is 5.10. The van der Waals surface area contributed by atoms with Crippen LogP contribution in [0.25, 0.3) is 11.6 Å². The molecule has 0 radical (unpaired) electrons. The molecule has 0 aliphatic carbocycles. The summed E-state index contributed by atoms with van der Waals surface area (Å²) < 4.78 is 0. The van der Waals surface area contributed by atoms with Crippen LogP contribution >= 0.6 is 22.9 Å². The average Bonchev–Trinajstić information content (AvgIpc) is 3.52. The predicted octanol–water partition coefficient (Wildman–Crippen LogP) is 6.20. The molecule has 180 valence electrons. The van der Waals surface area contributed by atoms with Gasteiger partial charge in [0.1, 0.15) is 5.01 Å². The molecular formula is C28H23ClN4O2S. The first kappa shape index (κ1) is 23.9. The van der Waals surface area contributed by atoms with E-state index in [-0.39, 0.29) is 17.7 Å². The number of aryl methyl sites for hydroxylation is 1. The van der Waals surface area contributed by atoms with Crippen molar-refractivity contribution < 1.29 is 9.59 Å². The lowest BCUT2D eigenvalue weighted by Gasteiger charge is -2.17. The highest BCUT2D eigenvalue weighted by molar-refractivity contribution is 7.15. The Morgan fingerprint density at radius 3 is 2.50 bits per heavy atom. The fourth-order valence-electron chi connectivity index (χ4n) is 4.10. The number of amides is 2. The zero-order chi connectivity index (χ0) is 25.1. The summed E-state index contributed by atoms with van der Waals surface area (Å²) in [6, 6.07) is 24.8. The van der Waals surface area contributed by atoms with E-state index in [1.807, 2.05) is 91.9 Å². The van der Waals surface area contributed by atoms with Gasteiger partial charge in [-0.1, -0.05) is 89.7 Å². The van der Waals surface area contributed by atoms with Crippen LogP contribution in [-0.2, 0) is 9.59 Å². The van der Waals surface area contributed by atoms with Crippen LogP contribution in [0, 0.1) is 6.92 Å². The minimum Gasteiger partial charge on any atom is -0.312 e. The van der Waals surface area contributed by atoms with Gasteiger partial charge in [0.15, 0.2) is 0 Å². The Morgan fingerprint density at radius 2 is 1.78 bits per heavy atom. The fraction of sp³-hybridized carbons (Fsp3) is 0.143. The van der Waals surface area contributed by atoms with Crippen molar-refractivity contribution in [3.63, 3.8) is 0 Å². The lowest BCUT2D eigenvalue weighted by molar-refractivity contribution is -0.117. The number of carbonyl (C=O) groups excluding carboxylic acids is 2. The maximum atomic E-state index is 13.3. The number of aromatic nitrogens is 2. The highest BCUT2D eigenvalue weighted by Gasteiger charge is 2.34. The zero-order valence-corrected chi connectivity index (χ0v) is 21.1. The molecule has 1 atom stereocenters. The minimum absolute atomic E-state index is 0.0119. The molecule has 3 aromatic carbocycles. The second-order valence-corrected chi connectivity index (χ2v) is 9.99. The van der Waals surface area contributed by atoms with Gasteiger partial charge in [-0.25, -0.2) is 0 Å². The van der Waals surface area contributed by atoms with Crippen molar-refractivity contribution in [1.82, 2.24) is 10.2 Å². The van der Waals surface area contributed by atoms with E-state index in [1.54, 1.807) is 4.90 Å². The number of benzene rings is 3. The summed E-state index contributed by atoms with van der Waals surface area (Å²) in [6.07, 6.45) is 2.18. The van der Waals surface area contributed by atoms with Gasteiger partial charge < -0.3 is 4.90 Å². The van der Waals surface area contributed by atoms with Crippen LogP contribution in [0.5, 0.6) is 0 Å². The molecule has 0 spiro atoms. The van der Waals surface area contributed by atoms with E-state index in [9.17, 15) is 9.59 Å². The Kier molecular flexibility index (Phi) is 6.93. The summed E-state index contributed by atoms with van der Waals surface area (Å²) in [4.78, 5) is 27.7. The minimum atomic E-state index is -0.272. The van der Waals surface area contributed by atoms with Crippen molar-refractivity contribution in [2.45, 2.75) is 19.3 Å². The second-order valence-electron chi connectivity index (χ2n) is 8.57. The lowest BCUT2D eigenvalue weighted by Crippen LogP contribution is -2.24. The first-order valence-corrected chi connectivity index (χ1v) is 12.7. The first-order valence-electron chi connectivity index (χ1n) is 11.5. The molecule has 36 heavy (non-hydrogen) atoms. The summed E-state index contributed by atoms with van der Waals surface area (Å²) in [5, 5.41) is 13.1. The number of hydrogen-bond acceptors (Lipinski definition) is 5. The van der Waals surface area contributed by atoms with E-state index in [2.05, 4.69) is 15.5 Å². The van der Waals surface area contributed by atoms with Crippen molar-refractivity contribution in [3.05, 3.63) is 106 Å². The molecule has 1 aliphatic heterocycles. The molecular weight excluding hydrogens is 492 g/mol. The molecule has 6 nitrogen and oxygen atoms in total. The zero-order valence-electron chi connectivity index (χ0n) is 19.5. The van der Waals surface area contributed by atoms with Crippen molar-refractivity contribution >= 4 is 57.2 Å². The van der Waals surface area contributed by atoms with Gasteiger partial charge in [0.05, 0.1) is 0 Å². The second kappa shape index (κ2) is 10.4. The van der Waals surface area contributed by atoms with Crippen LogP contribution in [0.4, 0.5) is 10.8 Å². The standard InChI is InChI=1S/C28H23ClN4O2S/c1-18-12-13-22(16-24(18)29)33-17-21(15-25(33)34)27-31-32-28(36-27)30-26(35)23(20-10-6-3-7-11-20)14-19-8-4-2-5-9-19/h2-14,16,21H,15,17H2,1H3,(H,30,32,35)/b23-14+. The number of nitrogens with zero attached hydrogens (tertiary/aromatic N) is 3. The van der Waals surface area contributed by atoms with Crippen LogP contribution in [-0.4, -0.2) is 28.6 Å². The van der Waals surface area contributed by atoms with Gasteiger partial charge in [0.2, 0.25) is 11.0 Å². The monoisotopic (exact) mass is 514 g/mol. The number of anilines is 2. The topological polar surface area (TPSA) is 75.2 Å². The Hall–Kier alpha value is -3.81. The van der Waals surface area contributed by atoms with Crippen molar-refractivity contribution in [3.8, 4) is 0 Å². The van der Waals surface area contributed by atoms with Gasteiger partial charge >= 0.3 is 0 Å². The summed E-state index contributed by atoms with van der Waals surface area (Å²) in [5.74, 6) is -0.363. The number of halogens is 1. The molecule has 0 saturated carbocycles. The first-order chi connectivity index (χ1) is 17.5. The molecule has 5 rings (SSSR count). The highest BCUT2D eigenvalue weighted by atomic mass is 35.5. The number of nitrogens with one attached hydrogen (secondary N) is 1. The molecule has 8 heteroatoms. The SMILES string of the molecule is Cc1ccc(N2CC(c3nnc(NC(=O)/C(=C/c4ccccc4)c4ccccc4)s3)CC2=O)cc1Cl. The molecule has 1 N–H and O–H groups in total. The molecule has 2 heterocycles. The third-order valence-electron chi connectivity index (χ3n) is 6.04. The smallest absolute Gasteiger partial charge is 0.258 e. The van der Waals surface area contributed by atoms with E-state index < -0.39 is 0 Å². The van der Waals surface area contributed by atoms with Gasteiger partial charge in [-0.3, -0.25) is 14.9 Å². The van der Waals surface area contributed by atoms with Gasteiger partial charge in [-0.2, -0.15) is 0 Å². The molecule has 1 aromatic heterocycles. The Bertz CT molecular complexity index is 1440. The molecule has 1 saturated heterocycles. The summed E-state index contributed by atoms with van der Waals surface area (Å²) in [5.41, 5.74) is 3.98. The molecule has 4 aromatic rings. The largest absolute Gasteiger partial charge is 0.312 e. The van der Waals surface area contributed by atoms with E-state index >= 15 is 0 Å². The van der Waals surface area contributed by atoms with Crippen LogP contribution in [0.1, 0.15) is 34.0 Å². The van der Waals surface area contributed by atoms with Gasteiger partial charge in [0.25, 0.3) is 5.91 Å². The summed E-state index contributed by atoms with van der Waals surface area (Å²) in [7, 11) is 0. The third kappa shape index (κ3) is 5.22. The molecule has 2 amide bonds. The van der Waals surface area contributed by atoms with E-state index in [1.165, 1.54) is 11.3 Å². The third-order valence-corrected chi connectivity index (χ3v) is 7.45. The van der Waals surface area contributed by atoms with Crippen LogP contribution in [0.3, 0.4) is 0 Å². The van der Waals surface area contributed by atoms with Gasteiger partial charge in [-0.05, 0) is 41.8 Å². The van der Waals surface area contributed by atoms with E-state index in [0.29, 0.717) is 33.7 Å². The van der Waals surface area contributed by atoms with E-state index in [4.69, 9.17) is 11.6 Å². The van der Waals surface area contributed by atoms with Crippen molar-refractivity contribution in [2.75, 3.05) is 16.8 Å². The molecule has 1 fully saturated rings. The molecule has 0 bridgehead atoms.